The van der Waals surface area contributed by atoms with Gasteiger partial charge in [-0.3, -0.25) is 0 Å². The molecular formula is C18H17NO3. The number of allylic oxidation sites excluding steroid dienone is 3. The highest BCUT2D eigenvalue weighted by atomic mass is 16.5. The Morgan fingerprint density at radius 3 is 2.55 bits per heavy atom. The Labute approximate surface area is 129 Å². The number of methoxy groups -OCH3 is 1. The first-order chi connectivity index (χ1) is 10.7. The third-order valence-electron chi connectivity index (χ3n) is 4.09. The lowest BCUT2D eigenvalue weighted by Gasteiger charge is -2.28. The fourth-order valence-corrected chi connectivity index (χ4v) is 2.88. The number of hydrogen-bond acceptors (Lipinski definition) is 4. The van der Waals surface area contributed by atoms with Crippen molar-refractivity contribution in [2.75, 3.05) is 7.11 Å². The molecule has 1 aromatic carbocycles. The fraction of sp³-hybridized carbons (Fsp3) is 0.333. The van der Waals surface area contributed by atoms with Crippen molar-refractivity contribution in [3.63, 3.8) is 0 Å². The van der Waals surface area contributed by atoms with Crippen LogP contribution in [0.3, 0.4) is 0 Å². The van der Waals surface area contributed by atoms with Crippen LogP contribution in [0.5, 0.6) is 0 Å². The van der Waals surface area contributed by atoms with Gasteiger partial charge >= 0.3 is 5.97 Å². The van der Waals surface area contributed by atoms with Crippen LogP contribution < -0.4 is 0 Å². The zero-order valence-electron chi connectivity index (χ0n) is 12.6. The number of benzene rings is 1. The number of carbonyl (C=O) groups is 1. The quantitative estimate of drug-likeness (QED) is 0.801. The van der Waals surface area contributed by atoms with E-state index in [0.717, 1.165) is 24.2 Å². The molecule has 0 saturated heterocycles. The summed E-state index contributed by atoms with van der Waals surface area (Å²) < 4.78 is 10.7. The molecule has 4 heteroatoms. The standard InChI is InChI=1S/C18H17NO3/c1-11-15(18(20)21-2)16(12-6-4-3-5-7-12)14(10-19)17(22-11)13-8-9-13/h3-7,13,16H,8-9H2,1-2H3/t16-/m0/s1. The second kappa shape index (κ2) is 5.69. The number of nitriles is 1. The topological polar surface area (TPSA) is 59.3 Å². The fourth-order valence-electron chi connectivity index (χ4n) is 2.88. The molecule has 1 aliphatic heterocycles. The number of rotatable bonds is 3. The molecule has 1 atom stereocenters. The first kappa shape index (κ1) is 14.4. The van der Waals surface area contributed by atoms with Gasteiger partial charge in [-0.1, -0.05) is 30.3 Å². The van der Waals surface area contributed by atoms with Crippen molar-refractivity contribution in [2.24, 2.45) is 5.92 Å². The number of ether oxygens (including phenoxy) is 2. The molecule has 1 heterocycles. The molecule has 0 aromatic heterocycles. The molecule has 0 N–H and O–H groups in total. The van der Waals surface area contributed by atoms with Gasteiger partial charge in [-0.15, -0.1) is 0 Å². The van der Waals surface area contributed by atoms with Gasteiger partial charge in [0.1, 0.15) is 11.5 Å². The smallest absolute Gasteiger partial charge is 0.338 e. The van der Waals surface area contributed by atoms with Gasteiger partial charge in [0, 0.05) is 5.92 Å². The summed E-state index contributed by atoms with van der Waals surface area (Å²) in [7, 11) is 1.34. The lowest BCUT2D eigenvalue weighted by molar-refractivity contribution is -0.136. The Balaban J connectivity index is 2.17. The summed E-state index contributed by atoms with van der Waals surface area (Å²) in [5, 5.41) is 9.67. The lowest BCUT2D eigenvalue weighted by atomic mass is 9.81. The minimum absolute atomic E-state index is 0.301. The Bertz CT molecular complexity index is 706. The molecule has 0 amide bonds. The normalized spacial score (nSPS) is 21.2. The van der Waals surface area contributed by atoms with Crippen LogP contribution in [-0.2, 0) is 14.3 Å². The van der Waals surface area contributed by atoms with E-state index in [-0.39, 0.29) is 0 Å². The molecule has 4 nitrogen and oxygen atoms in total. The maximum absolute atomic E-state index is 12.2. The first-order valence-electron chi connectivity index (χ1n) is 7.33. The maximum atomic E-state index is 12.2. The number of carbonyl (C=O) groups excluding carboxylic acids is 1. The van der Waals surface area contributed by atoms with E-state index in [0.29, 0.717) is 22.8 Å². The molecule has 2 aliphatic rings. The largest absolute Gasteiger partial charge is 0.466 e. The van der Waals surface area contributed by atoms with Crippen LogP contribution in [0, 0.1) is 17.2 Å². The second-order valence-corrected chi connectivity index (χ2v) is 5.57. The van der Waals surface area contributed by atoms with Crippen molar-refractivity contribution in [3.05, 3.63) is 58.6 Å². The second-order valence-electron chi connectivity index (χ2n) is 5.57. The highest BCUT2D eigenvalue weighted by Crippen LogP contribution is 2.48. The molecular weight excluding hydrogens is 278 g/mol. The minimum Gasteiger partial charge on any atom is -0.466 e. The van der Waals surface area contributed by atoms with Gasteiger partial charge in [0.2, 0.25) is 0 Å². The minimum atomic E-state index is -0.450. The van der Waals surface area contributed by atoms with Crippen LogP contribution in [-0.4, -0.2) is 13.1 Å². The van der Waals surface area contributed by atoms with E-state index in [2.05, 4.69) is 6.07 Å². The van der Waals surface area contributed by atoms with Crippen molar-refractivity contribution in [1.29, 1.82) is 5.26 Å². The molecule has 0 spiro atoms. The molecule has 1 fully saturated rings. The predicted octanol–water partition coefficient (Wildman–Crippen LogP) is 3.44. The van der Waals surface area contributed by atoms with Gasteiger partial charge in [-0.05, 0) is 25.3 Å². The molecule has 0 radical (unpaired) electrons. The summed E-state index contributed by atoms with van der Waals surface area (Å²) >= 11 is 0. The van der Waals surface area contributed by atoms with Gasteiger partial charge in [-0.2, -0.15) is 5.26 Å². The molecule has 0 bridgehead atoms. The zero-order valence-corrected chi connectivity index (χ0v) is 12.6. The summed E-state index contributed by atoms with van der Waals surface area (Å²) in [5.74, 6) is 0.690. The van der Waals surface area contributed by atoms with Crippen LogP contribution in [0.15, 0.2) is 53.0 Å². The van der Waals surface area contributed by atoms with E-state index < -0.39 is 11.9 Å². The molecule has 1 saturated carbocycles. The van der Waals surface area contributed by atoms with E-state index in [1.54, 1.807) is 6.92 Å². The lowest BCUT2D eigenvalue weighted by Crippen LogP contribution is -2.23. The van der Waals surface area contributed by atoms with Gasteiger partial charge < -0.3 is 9.47 Å². The van der Waals surface area contributed by atoms with E-state index in [1.807, 2.05) is 30.3 Å². The number of hydrogen-bond donors (Lipinski definition) is 0. The van der Waals surface area contributed by atoms with E-state index in [9.17, 15) is 10.1 Å². The van der Waals surface area contributed by atoms with Crippen molar-refractivity contribution in [3.8, 4) is 6.07 Å². The molecule has 1 aliphatic carbocycles. The monoisotopic (exact) mass is 295 g/mol. The van der Waals surface area contributed by atoms with Crippen LogP contribution in [0.25, 0.3) is 0 Å². The third-order valence-corrected chi connectivity index (χ3v) is 4.09. The van der Waals surface area contributed by atoms with E-state index >= 15 is 0 Å². The average molecular weight is 295 g/mol. The zero-order chi connectivity index (χ0) is 15.7. The van der Waals surface area contributed by atoms with Crippen LogP contribution in [0.2, 0.25) is 0 Å². The summed E-state index contributed by atoms with van der Waals surface area (Å²) in [6.45, 7) is 1.76. The van der Waals surface area contributed by atoms with Crippen molar-refractivity contribution >= 4 is 5.97 Å². The summed E-state index contributed by atoms with van der Waals surface area (Å²) in [4.78, 5) is 12.2. The maximum Gasteiger partial charge on any atom is 0.338 e. The molecule has 3 rings (SSSR count). The Morgan fingerprint density at radius 1 is 1.32 bits per heavy atom. The Hall–Kier alpha value is -2.54. The number of esters is 1. The Morgan fingerprint density at radius 2 is 2.00 bits per heavy atom. The van der Waals surface area contributed by atoms with Gasteiger partial charge in [0.05, 0.1) is 30.2 Å². The molecule has 22 heavy (non-hydrogen) atoms. The van der Waals surface area contributed by atoms with Crippen LogP contribution in [0.1, 0.15) is 31.2 Å². The molecule has 0 unspecified atom stereocenters. The highest BCUT2D eigenvalue weighted by Gasteiger charge is 2.41. The SMILES string of the molecule is COC(=O)C1=C(C)OC(C2CC2)=C(C#N)[C@@H]1c1ccccc1. The van der Waals surface area contributed by atoms with E-state index in [1.165, 1.54) is 7.11 Å². The van der Waals surface area contributed by atoms with Gasteiger partial charge in [-0.25, -0.2) is 4.79 Å². The summed E-state index contributed by atoms with van der Waals surface area (Å²) in [5.41, 5.74) is 1.84. The van der Waals surface area contributed by atoms with Crippen molar-refractivity contribution in [1.82, 2.24) is 0 Å². The summed E-state index contributed by atoms with van der Waals surface area (Å²) in [6.07, 6.45) is 2.06. The third kappa shape index (κ3) is 2.39. The van der Waals surface area contributed by atoms with Gasteiger partial charge in [0.25, 0.3) is 0 Å². The number of nitrogens with zero attached hydrogens (tertiary/aromatic N) is 1. The van der Waals surface area contributed by atoms with Gasteiger partial charge in [0.15, 0.2) is 0 Å². The molecule has 1 aromatic rings. The predicted molar refractivity (Wildman–Crippen MR) is 80.3 cm³/mol. The highest BCUT2D eigenvalue weighted by molar-refractivity contribution is 5.92. The molecule has 112 valence electrons. The average Bonchev–Trinajstić information content (AvgIpc) is 3.38. The first-order valence-corrected chi connectivity index (χ1v) is 7.33. The van der Waals surface area contributed by atoms with Crippen molar-refractivity contribution < 1.29 is 14.3 Å². The Kier molecular flexibility index (Phi) is 3.72. The van der Waals surface area contributed by atoms with Crippen LogP contribution >= 0.6 is 0 Å². The van der Waals surface area contributed by atoms with Crippen LogP contribution in [0.4, 0.5) is 0 Å². The van der Waals surface area contributed by atoms with Crippen molar-refractivity contribution in [2.45, 2.75) is 25.7 Å². The summed E-state index contributed by atoms with van der Waals surface area (Å²) in [6, 6.07) is 11.8. The van der Waals surface area contributed by atoms with E-state index in [4.69, 9.17) is 9.47 Å².